The SMILES string of the molecule is CC(C)NCC(=O)Nc1ccc(OCC#N)cc1. The van der Waals surface area contributed by atoms with Gasteiger partial charge in [-0.15, -0.1) is 0 Å². The number of ether oxygens (including phenoxy) is 1. The van der Waals surface area contributed by atoms with Crippen LogP contribution in [-0.4, -0.2) is 25.1 Å². The lowest BCUT2D eigenvalue weighted by Crippen LogP contribution is -2.32. The normalized spacial score (nSPS) is 9.89. The van der Waals surface area contributed by atoms with Crippen LogP contribution in [0.4, 0.5) is 5.69 Å². The second kappa shape index (κ2) is 7.30. The lowest BCUT2D eigenvalue weighted by Gasteiger charge is -2.09. The highest BCUT2D eigenvalue weighted by Crippen LogP contribution is 2.15. The van der Waals surface area contributed by atoms with Crippen LogP contribution in [0.25, 0.3) is 0 Å². The van der Waals surface area contributed by atoms with Gasteiger partial charge in [0.1, 0.15) is 11.8 Å². The van der Waals surface area contributed by atoms with Crippen LogP contribution in [0, 0.1) is 11.3 Å². The van der Waals surface area contributed by atoms with E-state index in [1.54, 1.807) is 24.3 Å². The highest BCUT2D eigenvalue weighted by molar-refractivity contribution is 5.92. The maximum Gasteiger partial charge on any atom is 0.238 e. The third kappa shape index (κ3) is 5.32. The Balaban J connectivity index is 2.43. The predicted molar refractivity (Wildman–Crippen MR) is 69.3 cm³/mol. The summed E-state index contributed by atoms with van der Waals surface area (Å²) in [5, 5.41) is 14.2. The molecule has 0 heterocycles. The molecule has 2 N–H and O–H groups in total. The maximum absolute atomic E-state index is 11.5. The monoisotopic (exact) mass is 247 g/mol. The molecule has 18 heavy (non-hydrogen) atoms. The summed E-state index contributed by atoms with van der Waals surface area (Å²) < 4.78 is 5.11. The van der Waals surface area contributed by atoms with Gasteiger partial charge in [-0.05, 0) is 24.3 Å². The standard InChI is InChI=1S/C13H17N3O2/c1-10(2)15-9-13(17)16-11-3-5-12(6-4-11)18-8-7-14/h3-6,10,15H,8-9H2,1-2H3,(H,16,17). The van der Waals surface area contributed by atoms with Crippen molar-refractivity contribution in [2.75, 3.05) is 18.5 Å². The van der Waals surface area contributed by atoms with E-state index >= 15 is 0 Å². The van der Waals surface area contributed by atoms with Gasteiger partial charge in [-0.3, -0.25) is 4.79 Å². The van der Waals surface area contributed by atoms with Gasteiger partial charge in [0.15, 0.2) is 6.61 Å². The Morgan fingerprint density at radius 2 is 2.06 bits per heavy atom. The maximum atomic E-state index is 11.5. The van der Waals surface area contributed by atoms with Gasteiger partial charge in [-0.2, -0.15) is 5.26 Å². The number of anilines is 1. The van der Waals surface area contributed by atoms with Gasteiger partial charge in [-0.1, -0.05) is 13.8 Å². The molecule has 5 nitrogen and oxygen atoms in total. The molecular weight excluding hydrogens is 230 g/mol. The van der Waals surface area contributed by atoms with Crippen LogP contribution in [0.2, 0.25) is 0 Å². The molecule has 5 heteroatoms. The minimum atomic E-state index is -0.0885. The molecule has 0 aliphatic rings. The Labute approximate surface area is 107 Å². The minimum absolute atomic E-state index is 0.0179. The zero-order valence-corrected chi connectivity index (χ0v) is 10.6. The molecule has 0 saturated heterocycles. The number of carbonyl (C=O) groups is 1. The van der Waals surface area contributed by atoms with E-state index in [1.807, 2.05) is 19.9 Å². The quantitative estimate of drug-likeness (QED) is 0.799. The van der Waals surface area contributed by atoms with Gasteiger partial charge in [0.2, 0.25) is 5.91 Å². The van der Waals surface area contributed by atoms with Gasteiger partial charge in [0.05, 0.1) is 6.54 Å². The highest BCUT2D eigenvalue weighted by Gasteiger charge is 2.03. The summed E-state index contributed by atoms with van der Waals surface area (Å²) >= 11 is 0. The molecule has 0 aromatic heterocycles. The Kier molecular flexibility index (Phi) is 5.68. The van der Waals surface area contributed by atoms with Crippen molar-refractivity contribution in [2.24, 2.45) is 0 Å². The topological polar surface area (TPSA) is 74.2 Å². The van der Waals surface area contributed by atoms with E-state index in [4.69, 9.17) is 10.00 Å². The molecule has 1 amide bonds. The second-order valence-corrected chi connectivity index (χ2v) is 4.05. The molecule has 0 spiro atoms. The van der Waals surface area contributed by atoms with Crippen LogP contribution in [0.15, 0.2) is 24.3 Å². The summed E-state index contributed by atoms with van der Waals surface area (Å²) in [7, 11) is 0. The van der Waals surface area contributed by atoms with Crippen molar-refractivity contribution in [3.8, 4) is 11.8 Å². The van der Waals surface area contributed by atoms with Crippen molar-refractivity contribution in [1.82, 2.24) is 5.32 Å². The van der Waals surface area contributed by atoms with Crippen LogP contribution >= 0.6 is 0 Å². The molecular formula is C13H17N3O2. The lowest BCUT2D eigenvalue weighted by atomic mass is 10.3. The molecule has 0 atom stereocenters. The molecule has 1 aromatic carbocycles. The third-order valence-electron chi connectivity index (χ3n) is 2.11. The number of benzene rings is 1. The van der Waals surface area contributed by atoms with Gasteiger partial charge >= 0.3 is 0 Å². The van der Waals surface area contributed by atoms with E-state index in [-0.39, 0.29) is 25.1 Å². The van der Waals surface area contributed by atoms with Gasteiger partial charge in [0.25, 0.3) is 0 Å². The molecule has 0 bridgehead atoms. The van der Waals surface area contributed by atoms with Crippen molar-refractivity contribution in [3.05, 3.63) is 24.3 Å². The van der Waals surface area contributed by atoms with Crippen molar-refractivity contribution < 1.29 is 9.53 Å². The van der Waals surface area contributed by atoms with E-state index in [9.17, 15) is 4.79 Å². The molecule has 96 valence electrons. The number of nitrogens with one attached hydrogen (secondary N) is 2. The van der Waals surface area contributed by atoms with Crippen molar-refractivity contribution in [3.63, 3.8) is 0 Å². The fourth-order valence-corrected chi connectivity index (χ4v) is 1.25. The summed E-state index contributed by atoms with van der Waals surface area (Å²) in [6.07, 6.45) is 0. The Morgan fingerprint density at radius 3 is 2.61 bits per heavy atom. The largest absolute Gasteiger partial charge is 0.479 e. The highest BCUT2D eigenvalue weighted by atomic mass is 16.5. The van der Waals surface area contributed by atoms with Crippen molar-refractivity contribution in [1.29, 1.82) is 5.26 Å². The minimum Gasteiger partial charge on any atom is -0.479 e. The first kappa shape index (κ1) is 14.0. The van der Waals surface area contributed by atoms with E-state index in [1.165, 1.54) is 0 Å². The smallest absolute Gasteiger partial charge is 0.238 e. The first-order chi connectivity index (χ1) is 8.61. The molecule has 0 radical (unpaired) electrons. The molecule has 0 unspecified atom stereocenters. The Hall–Kier alpha value is -2.06. The third-order valence-corrected chi connectivity index (χ3v) is 2.11. The summed E-state index contributed by atoms with van der Waals surface area (Å²) in [5.41, 5.74) is 0.704. The van der Waals surface area contributed by atoms with E-state index < -0.39 is 0 Å². The Bertz CT molecular complexity index is 421. The van der Waals surface area contributed by atoms with Gasteiger partial charge < -0.3 is 15.4 Å². The van der Waals surface area contributed by atoms with E-state index in [2.05, 4.69) is 10.6 Å². The number of rotatable bonds is 6. The summed E-state index contributed by atoms with van der Waals surface area (Å²) in [6.45, 7) is 4.26. The molecule has 0 fully saturated rings. The zero-order valence-electron chi connectivity index (χ0n) is 10.6. The van der Waals surface area contributed by atoms with Crippen LogP contribution in [0.1, 0.15) is 13.8 Å². The zero-order chi connectivity index (χ0) is 13.4. The van der Waals surface area contributed by atoms with Crippen molar-refractivity contribution in [2.45, 2.75) is 19.9 Å². The average Bonchev–Trinajstić information content (AvgIpc) is 2.35. The number of hydrogen-bond acceptors (Lipinski definition) is 4. The predicted octanol–water partition coefficient (Wildman–Crippen LogP) is 1.53. The fourth-order valence-electron chi connectivity index (χ4n) is 1.25. The summed E-state index contributed by atoms with van der Waals surface area (Å²) in [4.78, 5) is 11.5. The number of amides is 1. The van der Waals surface area contributed by atoms with E-state index in [0.717, 1.165) is 0 Å². The second-order valence-electron chi connectivity index (χ2n) is 4.05. The number of nitrogens with zero attached hydrogens (tertiary/aromatic N) is 1. The van der Waals surface area contributed by atoms with Crippen LogP contribution in [-0.2, 0) is 4.79 Å². The van der Waals surface area contributed by atoms with Gasteiger partial charge in [0, 0.05) is 11.7 Å². The van der Waals surface area contributed by atoms with Crippen molar-refractivity contribution >= 4 is 11.6 Å². The molecule has 0 aliphatic heterocycles. The first-order valence-corrected chi connectivity index (χ1v) is 5.75. The Morgan fingerprint density at radius 1 is 1.39 bits per heavy atom. The summed E-state index contributed by atoms with van der Waals surface area (Å²) in [6, 6.07) is 9.06. The van der Waals surface area contributed by atoms with Crippen LogP contribution in [0.3, 0.4) is 0 Å². The number of carbonyl (C=O) groups excluding carboxylic acids is 1. The van der Waals surface area contributed by atoms with E-state index in [0.29, 0.717) is 11.4 Å². The molecule has 0 saturated carbocycles. The number of nitriles is 1. The molecule has 1 aromatic rings. The average molecular weight is 247 g/mol. The first-order valence-electron chi connectivity index (χ1n) is 5.75. The van der Waals surface area contributed by atoms with Crippen LogP contribution < -0.4 is 15.4 Å². The summed E-state index contributed by atoms with van der Waals surface area (Å²) in [5.74, 6) is 0.518. The van der Waals surface area contributed by atoms with Gasteiger partial charge in [-0.25, -0.2) is 0 Å². The molecule has 0 aliphatic carbocycles. The lowest BCUT2D eigenvalue weighted by molar-refractivity contribution is -0.115. The number of hydrogen-bond donors (Lipinski definition) is 2. The molecule has 1 rings (SSSR count). The fraction of sp³-hybridized carbons (Fsp3) is 0.385. The van der Waals surface area contributed by atoms with Crippen LogP contribution in [0.5, 0.6) is 5.75 Å².